The Bertz CT molecular complexity index is 407. The predicted octanol–water partition coefficient (Wildman–Crippen LogP) is -1.98. The molecule has 2 amide bonds. The summed E-state index contributed by atoms with van der Waals surface area (Å²) in [4.78, 5) is 22.1. The molecule has 1 saturated heterocycles. The number of hydrogen-bond donors (Lipinski definition) is 3. The summed E-state index contributed by atoms with van der Waals surface area (Å²) in [6, 6.07) is -0.315. The van der Waals surface area contributed by atoms with E-state index >= 15 is 0 Å². The lowest BCUT2D eigenvalue weighted by molar-refractivity contribution is -0.122. The summed E-state index contributed by atoms with van der Waals surface area (Å²) >= 11 is 0. The molecule has 0 aliphatic carbocycles. The highest BCUT2D eigenvalue weighted by molar-refractivity contribution is 7.91. The largest absolute Gasteiger partial charge is 0.355 e. The molecular weight excluding hydrogens is 258 g/mol. The van der Waals surface area contributed by atoms with Crippen LogP contribution in [0.3, 0.4) is 0 Å². The van der Waals surface area contributed by atoms with Crippen LogP contribution in [-0.2, 0) is 19.4 Å². The standard InChI is InChI=1S/C10H19N3O4S/c1-8(14)11-2-3-13-10(15)6-9-7-18(16,17)5-4-12-9/h9,12H,2-7H2,1H3,(H,11,14)(H,13,15). The molecule has 0 radical (unpaired) electrons. The van der Waals surface area contributed by atoms with Crippen molar-refractivity contribution in [3.8, 4) is 0 Å². The summed E-state index contributed by atoms with van der Waals surface area (Å²) in [7, 11) is -3.01. The number of hydrogen-bond acceptors (Lipinski definition) is 5. The highest BCUT2D eigenvalue weighted by atomic mass is 32.2. The Balaban J connectivity index is 2.21. The van der Waals surface area contributed by atoms with Gasteiger partial charge in [-0.1, -0.05) is 0 Å². The van der Waals surface area contributed by atoms with Crippen LogP contribution < -0.4 is 16.0 Å². The molecule has 104 valence electrons. The molecule has 1 aliphatic rings. The first-order chi connectivity index (χ1) is 8.39. The van der Waals surface area contributed by atoms with Crippen LogP contribution >= 0.6 is 0 Å². The maximum absolute atomic E-state index is 11.5. The average molecular weight is 277 g/mol. The Kier molecular flexibility index (Phi) is 5.54. The summed E-state index contributed by atoms with van der Waals surface area (Å²) in [5.74, 6) is -0.223. The van der Waals surface area contributed by atoms with Crippen molar-refractivity contribution in [2.24, 2.45) is 0 Å². The van der Waals surface area contributed by atoms with Gasteiger partial charge in [-0.2, -0.15) is 0 Å². The number of rotatable bonds is 5. The number of nitrogens with one attached hydrogen (secondary N) is 3. The molecular formula is C10H19N3O4S. The normalized spacial score (nSPS) is 22.2. The van der Waals surface area contributed by atoms with E-state index < -0.39 is 9.84 Å². The summed E-state index contributed by atoms with van der Waals surface area (Å²) in [5, 5.41) is 8.18. The Hall–Kier alpha value is -1.15. The highest BCUT2D eigenvalue weighted by Gasteiger charge is 2.25. The van der Waals surface area contributed by atoms with Gasteiger partial charge in [-0.3, -0.25) is 9.59 Å². The monoisotopic (exact) mass is 277 g/mol. The summed E-state index contributed by atoms with van der Waals surface area (Å²) in [6.07, 6.45) is 0.138. The molecule has 8 heteroatoms. The second-order valence-corrected chi connectivity index (χ2v) is 6.53. The molecule has 1 unspecified atom stereocenters. The van der Waals surface area contributed by atoms with E-state index in [4.69, 9.17) is 0 Å². The van der Waals surface area contributed by atoms with Gasteiger partial charge in [0.1, 0.15) is 0 Å². The van der Waals surface area contributed by atoms with Crippen molar-refractivity contribution in [2.45, 2.75) is 19.4 Å². The molecule has 1 atom stereocenters. The Morgan fingerprint density at radius 2 is 1.94 bits per heavy atom. The Morgan fingerprint density at radius 1 is 1.28 bits per heavy atom. The molecule has 0 aromatic heterocycles. The third-order valence-corrected chi connectivity index (χ3v) is 4.29. The van der Waals surface area contributed by atoms with Gasteiger partial charge in [0.2, 0.25) is 11.8 Å². The van der Waals surface area contributed by atoms with Gasteiger partial charge in [-0.05, 0) is 0 Å². The van der Waals surface area contributed by atoms with Gasteiger partial charge in [0.05, 0.1) is 11.5 Å². The number of amides is 2. The molecule has 0 bridgehead atoms. The average Bonchev–Trinajstić information content (AvgIpc) is 2.22. The van der Waals surface area contributed by atoms with Gasteiger partial charge in [0.15, 0.2) is 9.84 Å². The lowest BCUT2D eigenvalue weighted by atomic mass is 10.2. The summed E-state index contributed by atoms with van der Waals surface area (Å²) in [5.41, 5.74) is 0. The van der Waals surface area contributed by atoms with Gasteiger partial charge in [-0.25, -0.2) is 8.42 Å². The van der Waals surface area contributed by atoms with Crippen molar-refractivity contribution in [1.82, 2.24) is 16.0 Å². The minimum absolute atomic E-state index is 0.00607. The molecule has 1 rings (SSSR count). The van der Waals surface area contributed by atoms with E-state index in [1.165, 1.54) is 6.92 Å². The van der Waals surface area contributed by atoms with Crippen molar-refractivity contribution in [3.05, 3.63) is 0 Å². The van der Waals surface area contributed by atoms with E-state index in [-0.39, 0.29) is 35.8 Å². The molecule has 0 saturated carbocycles. The second-order valence-electron chi connectivity index (χ2n) is 4.30. The molecule has 0 aromatic carbocycles. The van der Waals surface area contributed by atoms with E-state index in [2.05, 4.69) is 16.0 Å². The zero-order valence-corrected chi connectivity index (χ0v) is 11.2. The van der Waals surface area contributed by atoms with Crippen molar-refractivity contribution in [2.75, 3.05) is 31.1 Å². The molecule has 0 spiro atoms. The van der Waals surface area contributed by atoms with E-state index in [9.17, 15) is 18.0 Å². The van der Waals surface area contributed by atoms with Crippen LogP contribution in [0, 0.1) is 0 Å². The van der Waals surface area contributed by atoms with Gasteiger partial charge in [0.25, 0.3) is 0 Å². The molecule has 3 N–H and O–H groups in total. The minimum Gasteiger partial charge on any atom is -0.355 e. The quantitative estimate of drug-likeness (QED) is 0.505. The topological polar surface area (TPSA) is 104 Å². The summed E-state index contributed by atoms with van der Waals surface area (Å²) < 4.78 is 22.7. The van der Waals surface area contributed by atoms with Crippen LogP contribution in [0.1, 0.15) is 13.3 Å². The molecule has 1 heterocycles. The maximum Gasteiger partial charge on any atom is 0.221 e. The van der Waals surface area contributed by atoms with Crippen molar-refractivity contribution < 1.29 is 18.0 Å². The number of carbonyl (C=O) groups is 2. The molecule has 1 aliphatic heterocycles. The minimum atomic E-state index is -3.01. The van der Waals surface area contributed by atoms with E-state index in [1.807, 2.05) is 0 Å². The third-order valence-electron chi connectivity index (χ3n) is 2.55. The van der Waals surface area contributed by atoms with E-state index in [1.54, 1.807) is 0 Å². The zero-order valence-electron chi connectivity index (χ0n) is 10.4. The lowest BCUT2D eigenvalue weighted by Gasteiger charge is -2.23. The van der Waals surface area contributed by atoms with Crippen LogP contribution in [0.5, 0.6) is 0 Å². The molecule has 1 fully saturated rings. The van der Waals surface area contributed by atoms with Gasteiger partial charge in [-0.15, -0.1) is 0 Å². The van der Waals surface area contributed by atoms with Crippen LogP contribution in [0.15, 0.2) is 0 Å². The highest BCUT2D eigenvalue weighted by Crippen LogP contribution is 2.04. The van der Waals surface area contributed by atoms with Gasteiger partial charge in [0, 0.05) is 39.0 Å². The number of carbonyl (C=O) groups excluding carboxylic acids is 2. The molecule has 7 nitrogen and oxygen atoms in total. The molecule has 0 aromatic rings. The lowest BCUT2D eigenvalue weighted by Crippen LogP contribution is -2.47. The van der Waals surface area contributed by atoms with Crippen molar-refractivity contribution >= 4 is 21.7 Å². The second kappa shape index (κ2) is 6.69. The Labute approximate surface area is 107 Å². The third kappa shape index (κ3) is 5.97. The first kappa shape index (κ1) is 14.9. The smallest absolute Gasteiger partial charge is 0.221 e. The predicted molar refractivity (Wildman–Crippen MR) is 66.8 cm³/mol. The SMILES string of the molecule is CC(=O)NCCNC(=O)CC1CS(=O)(=O)CCN1. The summed E-state index contributed by atoms with van der Waals surface area (Å²) in [6.45, 7) is 2.51. The van der Waals surface area contributed by atoms with Crippen LogP contribution in [0.2, 0.25) is 0 Å². The van der Waals surface area contributed by atoms with Crippen molar-refractivity contribution in [1.29, 1.82) is 0 Å². The van der Waals surface area contributed by atoms with Crippen LogP contribution in [-0.4, -0.2) is 57.4 Å². The van der Waals surface area contributed by atoms with Gasteiger partial charge < -0.3 is 16.0 Å². The van der Waals surface area contributed by atoms with Crippen LogP contribution in [0.4, 0.5) is 0 Å². The first-order valence-electron chi connectivity index (χ1n) is 5.84. The fraction of sp³-hybridized carbons (Fsp3) is 0.800. The van der Waals surface area contributed by atoms with Gasteiger partial charge >= 0.3 is 0 Å². The van der Waals surface area contributed by atoms with E-state index in [0.717, 1.165) is 0 Å². The Morgan fingerprint density at radius 3 is 2.56 bits per heavy atom. The molecule has 18 heavy (non-hydrogen) atoms. The number of sulfone groups is 1. The van der Waals surface area contributed by atoms with E-state index in [0.29, 0.717) is 19.6 Å². The zero-order chi connectivity index (χ0) is 13.6. The fourth-order valence-electron chi connectivity index (χ4n) is 1.73. The fourth-order valence-corrected chi connectivity index (χ4v) is 3.18. The van der Waals surface area contributed by atoms with Crippen LogP contribution in [0.25, 0.3) is 0 Å². The van der Waals surface area contributed by atoms with Crippen molar-refractivity contribution in [3.63, 3.8) is 0 Å². The first-order valence-corrected chi connectivity index (χ1v) is 7.66. The maximum atomic E-state index is 11.5.